The van der Waals surface area contributed by atoms with Crippen LogP contribution in [0.1, 0.15) is 36.0 Å². The quantitative estimate of drug-likeness (QED) is 0.789. The lowest BCUT2D eigenvalue weighted by Crippen LogP contribution is -2.49. The van der Waals surface area contributed by atoms with E-state index < -0.39 is 9.84 Å². The summed E-state index contributed by atoms with van der Waals surface area (Å²) in [6.45, 7) is 0. The number of rotatable bonds is 4. The molecule has 0 spiro atoms. The van der Waals surface area contributed by atoms with Gasteiger partial charge in [-0.3, -0.25) is 4.79 Å². The van der Waals surface area contributed by atoms with Crippen molar-refractivity contribution in [3.63, 3.8) is 0 Å². The van der Waals surface area contributed by atoms with Gasteiger partial charge in [-0.25, -0.2) is 8.42 Å². The zero-order chi connectivity index (χ0) is 19.9. The molecule has 2 aromatic carbocycles. The molecule has 4 rings (SSSR count). The highest BCUT2D eigenvalue weighted by atomic mass is 32.2. The number of sulfone groups is 1. The van der Waals surface area contributed by atoms with Crippen LogP contribution < -0.4 is 4.74 Å². The van der Waals surface area contributed by atoms with E-state index in [-0.39, 0.29) is 23.2 Å². The van der Waals surface area contributed by atoms with Gasteiger partial charge < -0.3 is 9.64 Å². The van der Waals surface area contributed by atoms with E-state index >= 15 is 0 Å². The fourth-order valence-electron chi connectivity index (χ4n) is 4.57. The minimum Gasteiger partial charge on any atom is -0.497 e. The summed E-state index contributed by atoms with van der Waals surface area (Å²) in [5.41, 5.74) is 2.71. The molecule has 2 heterocycles. The van der Waals surface area contributed by atoms with Crippen LogP contribution in [0.2, 0.25) is 0 Å². The summed E-state index contributed by atoms with van der Waals surface area (Å²) in [4.78, 5) is 15.1. The average Bonchev–Trinajstić information content (AvgIpc) is 2.95. The molecule has 28 heavy (non-hydrogen) atoms. The number of carbonyl (C=O) groups is 1. The molecule has 2 fully saturated rings. The van der Waals surface area contributed by atoms with Crippen LogP contribution in [0.3, 0.4) is 0 Å². The van der Waals surface area contributed by atoms with Gasteiger partial charge in [0.15, 0.2) is 0 Å². The summed E-state index contributed by atoms with van der Waals surface area (Å²) in [6.07, 6.45) is 4.21. The SMILES string of the molecule is COc1cccc(-c2ccc(C(=O)N3C4CCC3CC(S(C)(=O)=O)C4)cc2)c1. The van der Waals surface area contributed by atoms with E-state index in [0.29, 0.717) is 18.4 Å². The van der Waals surface area contributed by atoms with Crippen molar-refractivity contribution < 1.29 is 17.9 Å². The molecule has 1 amide bonds. The first kappa shape index (κ1) is 19.0. The Morgan fingerprint density at radius 2 is 1.64 bits per heavy atom. The minimum atomic E-state index is -3.06. The molecular weight excluding hydrogens is 374 g/mol. The molecule has 2 aliphatic heterocycles. The van der Waals surface area contributed by atoms with Gasteiger partial charge in [-0.2, -0.15) is 0 Å². The average molecular weight is 400 g/mol. The van der Waals surface area contributed by atoms with E-state index in [1.807, 2.05) is 53.4 Å². The first-order valence-corrected chi connectivity index (χ1v) is 11.6. The van der Waals surface area contributed by atoms with Crippen LogP contribution in [0.5, 0.6) is 5.75 Å². The fraction of sp³-hybridized carbons (Fsp3) is 0.409. The third-order valence-corrected chi connectivity index (χ3v) is 7.66. The van der Waals surface area contributed by atoms with Crippen LogP contribution in [-0.4, -0.2) is 49.9 Å². The summed E-state index contributed by atoms with van der Waals surface area (Å²) in [7, 11) is -1.41. The first-order chi connectivity index (χ1) is 13.4. The van der Waals surface area contributed by atoms with Gasteiger partial charge in [-0.05, 0) is 61.1 Å². The van der Waals surface area contributed by atoms with Gasteiger partial charge in [-0.1, -0.05) is 24.3 Å². The topological polar surface area (TPSA) is 63.7 Å². The number of piperidine rings is 1. The maximum atomic E-state index is 13.1. The molecule has 6 heteroatoms. The zero-order valence-corrected chi connectivity index (χ0v) is 17.0. The van der Waals surface area contributed by atoms with Crippen molar-refractivity contribution in [3.8, 4) is 16.9 Å². The number of amides is 1. The molecule has 2 saturated heterocycles. The van der Waals surface area contributed by atoms with Gasteiger partial charge in [0, 0.05) is 23.9 Å². The van der Waals surface area contributed by atoms with Crippen LogP contribution in [0.4, 0.5) is 0 Å². The van der Waals surface area contributed by atoms with Crippen LogP contribution in [0, 0.1) is 0 Å². The molecule has 0 radical (unpaired) electrons. The van der Waals surface area contributed by atoms with E-state index in [0.717, 1.165) is 29.7 Å². The van der Waals surface area contributed by atoms with Gasteiger partial charge in [-0.15, -0.1) is 0 Å². The molecule has 2 aromatic rings. The summed E-state index contributed by atoms with van der Waals surface area (Å²) in [5.74, 6) is 0.805. The number of hydrogen-bond donors (Lipinski definition) is 0. The Balaban J connectivity index is 1.53. The van der Waals surface area contributed by atoms with E-state index in [1.54, 1.807) is 7.11 Å². The summed E-state index contributed by atoms with van der Waals surface area (Å²) in [5, 5.41) is -0.315. The van der Waals surface area contributed by atoms with E-state index in [4.69, 9.17) is 4.74 Å². The van der Waals surface area contributed by atoms with Crippen molar-refractivity contribution in [2.45, 2.75) is 43.0 Å². The second-order valence-electron chi connectivity index (χ2n) is 7.83. The van der Waals surface area contributed by atoms with Crippen molar-refractivity contribution in [1.29, 1.82) is 0 Å². The highest BCUT2D eigenvalue weighted by Gasteiger charge is 2.45. The number of methoxy groups -OCH3 is 1. The number of ether oxygens (including phenoxy) is 1. The summed E-state index contributed by atoms with van der Waals surface area (Å²) in [6, 6.07) is 15.5. The molecular formula is C22H25NO4S. The Hall–Kier alpha value is -2.34. The Morgan fingerprint density at radius 1 is 1.00 bits per heavy atom. The maximum Gasteiger partial charge on any atom is 0.254 e. The van der Waals surface area contributed by atoms with Crippen LogP contribution >= 0.6 is 0 Å². The number of hydrogen-bond acceptors (Lipinski definition) is 4. The molecule has 2 atom stereocenters. The molecule has 0 saturated carbocycles. The summed E-state index contributed by atoms with van der Waals surface area (Å²) < 4.78 is 29.2. The highest BCUT2D eigenvalue weighted by Crippen LogP contribution is 2.39. The number of benzene rings is 2. The summed E-state index contributed by atoms with van der Waals surface area (Å²) >= 11 is 0. The van der Waals surface area contributed by atoms with Crippen molar-refractivity contribution >= 4 is 15.7 Å². The molecule has 2 aliphatic rings. The predicted molar refractivity (Wildman–Crippen MR) is 109 cm³/mol. The first-order valence-electron chi connectivity index (χ1n) is 9.63. The lowest BCUT2D eigenvalue weighted by Gasteiger charge is -2.38. The van der Waals surface area contributed by atoms with Crippen molar-refractivity contribution in [2.75, 3.05) is 13.4 Å². The molecule has 148 valence electrons. The van der Waals surface area contributed by atoms with E-state index in [9.17, 15) is 13.2 Å². The highest BCUT2D eigenvalue weighted by molar-refractivity contribution is 7.91. The normalized spacial score (nSPS) is 24.2. The molecule has 0 aromatic heterocycles. The third-order valence-electron chi connectivity index (χ3n) is 6.06. The van der Waals surface area contributed by atoms with Crippen molar-refractivity contribution in [3.05, 3.63) is 54.1 Å². The molecule has 0 N–H and O–H groups in total. The number of fused-ring (bicyclic) bond motifs is 2. The third kappa shape index (κ3) is 3.53. The standard InChI is InChI=1S/C22H25NO4S/c1-27-20-5-3-4-17(12-20)15-6-8-16(9-7-15)22(24)23-18-10-11-19(23)14-21(13-18)28(2,25)26/h3-9,12,18-19,21H,10-11,13-14H2,1-2H3. The number of carbonyl (C=O) groups excluding carboxylic acids is 1. The second kappa shape index (κ2) is 7.24. The largest absolute Gasteiger partial charge is 0.497 e. The Kier molecular flexibility index (Phi) is 4.91. The van der Waals surface area contributed by atoms with Crippen molar-refractivity contribution in [2.24, 2.45) is 0 Å². The van der Waals surface area contributed by atoms with Gasteiger partial charge in [0.05, 0.1) is 12.4 Å². The van der Waals surface area contributed by atoms with E-state index in [1.165, 1.54) is 6.26 Å². The minimum absolute atomic E-state index is 0.0108. The Bertz CT molecular complexity index is 970. The van der Waals surface area contributed by atoms with Gasteiger partial charge in [0.2, 0.25) is 0 Å². The monoisotopic (exact) mass is 399 g/mol. The van der Waals surface area contributed by atoms with Gasteiger partial charge >= 0.3 is 0 Å². The number of nitrogens with zero attached hydrogens (tertiary/aromatic N) is 1. The smallest absolute Gasteiger partial charge is 0.254 e. The maximum absolute atomic E-state index is 13.1. The lowest BCUT2D eigenvalue weighted by atomic mass is 9.99. The lowest BCUT2D eigenvalue weighted by molar-refractivity contribution is 0.0598. The predicted octanol–water partition coefficient (Wildman–Crippen LogP) is 3.54. The van der Waals surface area contributed by atoms with E-state index in [2.05, 4.69) is 0 Å². The molecule has 2 unspecified atom stereocenters. The van der Waals surface area contributed by atoms with Gasteiger partial charge in [0.1, 0.15) is 15.6 Å². The van der Waals surface area contributed by atoms with Crippen molar-refractivity contribution in [1.82, 2.24) is 4.90 Å². The zero-order valence-electron chi connectivity index (χ0n) is 16.2. The molecule has 0 aliphatic carbocycles. The van der Waals surface area contributed by atoms with Crippen LogP contribution in [0.25, 0.3) is 11.1 Å². The van der Waals surface area contributed by atoms with Gasteiger partial charge in [0.25, 0.3) is 5.91 Å². The van der Waals surface area contributed by atoms with Crippen LogP contribution in [0.15, 0.2) is 48.5 Å². The molecule has 2 bridgehead atoms. The Morgan fingerprint density at radius 3 is 2.21 bits per heavy atom. The fourth-order valence-corrected chi connectivity index (χ4v) is 5.71. The second-order valence-corrected chi connectivity index (χ2v) is 10.2. The Labute approximate surface area is 166 Å². The molecule has 5 nitrogen and oxygen atoms in total. The van der Waals surface area contributed by atoms with Crippen LogP contribution in [-0.2, 0) is 9.84 Å².